The number of nitrogens with one attached hydrogen (secondary N) is 1. The maximum absolute atomic E-state index is 12.9. The van der Waals surface area contributed by atoms with Crippen LogP contribution < -0.4 is 10.1 Å². The van der Waals surface area contributed by atoms with Crippen molar-refractivity contribution in [3.05, 3.63) is 71.4 Å². The minimum atomic E-state index is 0.0696. The molecule has 0 unspecified atom stereocenters. The molecule has 1 N–H and O–H groups in total. The van der Waals surface area contributed by atoms with E-state index in [1.807, 2.05) is 63.2 Å². The lowest BCUT2D eigenvalue weighted by molar-refractivity contribution is 0.102. The molecule has 7 nitrogen and oxygen atoms in total. The lowest BCUT2D eigenvalue weighted by Crippen LogP contribution is -2.07. The van der Waals surface area contributed by atoms with E-state index < -0.39 is 0 Å². The summed E-state index contributed by atoms with van der Waals surface area (Å²) in [6.07, 6.45) is 1.66. The van der Waals surface area contributed by atoms with Crippen molar-refractivity contribution in [2.45, 2.75) is 31.7 Å². The lowest BCUT2D eigenvalue weighted by Gasteiger charge is -2.09. The van der Waals surface area contributed by atoms with Crippen LogP contribution in [0.4, 0.5) is 10.8 Å². The zero-order valence-electron chi connectivity index (χ0n) is 18.1. The number of rotatable bonds is 10. The van der Waals surface area contributed by atoms with E-state index in [0.717, 1.165) is 38.5 Å². The molecule has 0 aliphatic rings. The van der Waals surface area contributed by atoms with Gasteiger partial charge in [0.25, 0.3) is 0 Å². The second-order valence-corrected chi connectivity index (χ2v) is 9.29. The van der Waals surface area contributed by atoms with Gasteiger partial charge in [-0.25, -0.2) is 0 Å². The van der Waals surface area contributed by atoms with Crippen molar-refractivity contribution < 1.29 is 13.9 Å². The topological polar surface area (TPSA) is 82.2 Å². The molecular weight excluding hydrogens is 444 g/mol. The summed E-state index contributed by atoms with van der Waals surface area (Å²) in [5, 5.41) is 12.3. The van der Waals surface area contributed by atoms with Gasteiger partial charge in [-0.05, 0) is 51.1 Å². The van der Waals surface area contributed by atoms with Crippen LogP contribution in [-0.4, -0.2) is 32.9 Å². The average molecular weight is 469 g/mol. The highest BCUT2D eigenvalue weighted by Gasteiger charge is 2.18. The number of nitrogens with zero attached hydrogens (tertiary/aromatic N) is 3. The summed E-state index contributed by atoms with van der Waals surface area (Å²) >= 11 is 2.81. The van der Waals surface area contributed by atoms with Crippen LogP contribution in [0.5, 0.6) is 5.75 Å². The third-order valence-corrected chi connectivity index (χ3v) is 6.90. The number of hydrogen-bond acceptors (Lipinski definition) is 8. The molecule has 0 atom stereocenters. The van der Waals surface area contributed by atoms with Gasteiger partial charge in [0.2, 0.25) is 5.13 Å². The van der Waals surface area contributed by atoms with Gasteiger partial charge in [-0.3, -0.25) is 4.79 Å². The van der Waals surface area contributed by atoms with Crippen LogP contribution in [-0.2, 0) is 6.54 Å². The molecule has 0 spiro atoms. The highest BCUT2D eigenvalue weighted by Crippen LogP contribution is 2.32. The summed E-state index contributed by atoms with van der Waals surface area (Å²) in [5.41, 5.74) is 3.54. The number of furan rings is 1. The van der Waals surface area contributed by atoms with Crippen LogP contribution in [0, 0.1) is 13.8 Å². The molecule has 4 aromatic rings. The number of Topliss-reactive ketones (excluding diaryl/α,β-unsaturated/α-hetero) is 1. The minimum absolute atomic E-state index is 0.0696. The number of thioether (sulfide) groups is 1. The predicted molar refractivity (Wildman–Crippen MR) is 128 cm³/mol. The Morgan fingerprint density at radius 3 is 2.84 bits per heavy atom. The molecule has 3 heterocycles. The molecule has 1 aromatic carbocycles. The molecule has 166 valence electrons. The first kappa shape index (κ1) is 22.2. The number of anilines is 2. The Kier molecular flexibility index (Phi) is 6.96. The van der Waals surface area contributed by atoms with Crippen LogP contribution in [0.25, 0.3) is 0 Å². The monoisotopic (exact) mass is 468 g/mol. The number of para-hydroxylation sites is 2. The number of carbonyl (C=O) groups is 1. The molecule has 0 saturated carbocycles. The van der Waals surface area contributed by atoms with Crippen molar-refractivity contribution in [1.29, 1.82) is 0 Å². The van der Waals surface area contributed by atoms with E-state index in [-0.39, 0.29) is 5.78 Å². The van der Waals surface area contributed by atoms with Crippen molar-refractivity contribution in [1.82, 2.24) is 14.8 Å². The quantitative estimate of drug-likeness (QED) is 0.236. The number of benzene rings is 1. The van der Waals surface area contributed by atoms with E-state index in [2.05, 4.69) is 20.1 Å². The highest BCUT2D eigenvalue weighted by atomic mass is 32.2. The van der Waals surface area contributed by atoms with E-state index in [4.69, 9.17) is 9.15 Å². The molecule has 0 amide bonds. The third kappa shape index (κ3) is 5.05. The number of ketones is 1. The van der Waals surface area contributed by atoms with Gasteiger partial charge in [0.05, 0.1) is 30.9 Å². The van der Waals surface area contributed by atoms with E-state index in [1.165, 1.54) is 23.1 Å². The Balaban J connectivity index is 1.39. The fourth-order valence-electron chi connectivity index (χ4n) is 3.38. The van der Waals surface area contributed by atoms with Crippen LogP contribution >= 0.6 is 23.1 Å². The van der Waals surface area contributed by atoms with Crippen LogP contribution in [0.2, 0.25) is 0 Å². The summed E-state index contributed by atoms with van der Waals surface area (Å²) in [7, 11) is 0. The van der Waals surface area contributed by atoms with Gasteiger partial charge in [-0.1, -0.05) is 35.2 Å². The van der Waals surface area contributed by atoms with Gasteiger partial charge >= 0.3 is 0 Å². The summed E-state index contributed by atoms with van der Waals surface area (Å²) < 4.78 is 13.9. The Labute approximate surface area is 194 Å². The summed E-state index contributed by atoms with van der Waals surface area (Å²) in [6, 6.07) is 13.4. The van der Waals surface area contributed by atoms with Crippen LogP contribution in [0.15, 0.2) is 57.5 Å². The van der Waals surface area contributed by atoms with Crippen molar-refractivity contribution in [3.8, 4) is 5.75 Å². The van der Waals surface area contributed by atoms with Crippen LogP contribution in [0.3, 0.4) is 0 Å². The maximum atomic E-state index is 12.9. The molecule has 32 heavy (non-hydrogen) atoms. The molecule has 0 saturated heterocycles. The van der Waals surface area contributed by atoms with Gasteiger partial charge < -0.3 is 19.0 Å². The van der Waals surface area contributed by atoms with Gasteiger partial charge in [0, 0.05) is 17.0 Å². The largest absolute Gasteiger partial charge is 0.492 e. The predicted octanol–water partition coefficient (Wildman–Crippen LogP) is 5.72. The first-order chi connectivity index (χ1) is 15.5. The van der Waals surface area contributed by atoms with Gasteiger partial charge in [-0.15, -0.1) is 10.2 Å². The smallest absolute Gasteiger partial charge is 0.210 e. The highest BCUT2D eigenvalue weighted by molar-refractivity contribution is 8.01. The van der Waals surface area contributed by atoms with Gasteiger partial charge in [0.1, 0.15) is 11.5 Å². The lowest BCUT2D eigenvalue weighted by atomic mass is 10.2. The summed E-state index contributed by atoms with van der Waals surface area (Å²) in [5.74, 6) is 1.99. The van der Waals surface area contributed by atoms with E-state index in [9.17, 15) is 4.79 Å². The average Bonchev–Trinajstić information content (AvgIpc) is 3.52. The summed E-state index contributed by atoms with van der Waals surface area (Å²) in [6.45, 7) is 7.11. The SMILES string of the molecule is CCOc1ccccc1Nc1nnc(SCC(=O)c2cc(C)n(Cc3ccco3)c2C)s1. The molecule has 0 aliphatic heterocycles. The van der Waals surface area contributed by atoms with E-state index in [1.54, 1.807) is 6.26 Å². The van der Waals surface area contributed by atoms with Crippen LogP contribution in [0.1, 0.15) is 34.4 Å². The number of ether oxygens (including phenoxy) is 1. The molecule has 3 aromatic heterocycles. The Bertz CT molecular complexity index is 1200. The van der Waals surface area contributed by atoms with Crippen molar-refractivity contribution in [3.63, 3.8) is 0 Å². The second kappa shape index (κ2) is 10.1. The third-order valence-electron chi connectivity index (χ3n) is 4.93. The molecule has 4 rings (SSSR count). The molecule has 9 heteroatoms. The maximum Gasteiger partial charge on any atom is 0.210 e. The second-order valence-electron chi connectivity index (χ2n) is 7.09. The van der Waals surface area contributed by atoms with Crippen molar-refractivity contribution in [2.24, 2.45) is 0 Å². The van der Waals surface area contributed by atoms with E-state index in [0.29, 0.717) is 24.0 Å². The van der Waals surface area contributed by atoms with Gasteiger partial charge in [0.15, 0.2) is 10.1 Å². The first-order valence-corrected chi connectivity index (χ1v) is 12.0. The van der Waals surface area contributed by atoms with E-state index >= 15 is 0 Å². The Hall–Kier alpha value is -3.04. The fraction of sp³-hybridized carbons (Fsp3) is 0.261. The molecule has 0 bridgehead atoms. The Morgan fingerprint density at radius 1 is 1.22 bits per heavy atom. The molecule has 0 radical (unpaired) electrons. The minimum Gasteiger partial charge on any atom is -0.492 e. The first-order valence-electron chi connectivity index (χ1n) is 10.2. The Morgan fingerprint density at radius 2 is 2.06 bits per heavy atom. The fourth-order valence-corrected chi connectivity index (χ4v) is 5.02. The number of carbonyl (C=O) groups excluding carboxylic acids is 1. The van der Waals surface area contributed by atoms with Crippen molar-refractivity contribution >= 4 is 39.7 Å². The number of aryl methyl sites for hydroxylation is 1. The standard InChI is InChI=1S/C23H24N4O3S2/c1-4-29-21-10-6-5-9-19(21)24-22-25-26-23(32-22)31-14-20(28)18-12-15(2)27(16(18)3)13-17-8-7-11-30-17/h5-12H,4,13-14H2,1-3H3,(H,24,25). The van der Waals surface area contributed by atoms with Gasteiger partial charge in [-0.2, -0.15) is 0 Å². The molecule has 0 fully saturated rings. The number of aromatic nitrogens is 3. The normalized spacial score (nSPS) is 11.0. The summed E-state index contributed by atoms with van der Waals surface area (Å²) in [4.78, 5) is 12.9. The molecular formula is C23H24N4O3S2. The molecule has 0 aliphatic carbocycles. The van der Waals surface area contributed by atoms with Crippen molar-refractivity contribution in [2.75, 3.05) is 17.7 Å². The number of hydrogen-bond donors (Lipinski definition) is 1. The zero-order chi connectivity index (χ0) is 22.5. The zero-order valence-corrected chi connectivity index (χ0v) is 19.8.